The highest BCUT2D eigenvalue weighted by molar-refractivity contribution is 5.61. The fourth-order valence-corrected chi connectivity index (χ4v) is 1.67. The summed E-state index contributed by atoms with van der Waals surface area (Å²) in [5.41, 5.74) is -0.706. The summed E-state index contributed by atoms with van der Waals surface area (Å²) in [4.78, 5) is 11.1. The predicted molar refractivity (Wildman–Crippen MR) is 46.3 cm³/mol. The molecule has 0 N–H and O–H groups in total. The molecule has 2 rings (SSSR count). The minimum atomic E-state index is -0.706. The number of rotatable bonds is 2. The Balaban J connectivity index is 2.31. The molecule has 0 aromatic carbocycles. The second-order valence-electron chi connectivity index (χ2n) is 3.44. The molecule has 0 unspecified atom stereocenters. The summed E-state index contributed by atoms with van der Waals surface area (Å²) >= 11 is 0. The van der Waals surface area contributed by atoms with E-state index in [4.69, 9.17) is 4.74 Å². The Bertz CT molecular complexity index is 331. The summed E-state index contributed by atoms with van der Waals surface area (Å²) in [6.45, 7) is 1.03. The van der Waals surface area contributed by atoms with E-state index in [1.54, 1.807) is 0 Å². The van der Waals surface area contributed by atoms with Crippen molar-refractivity contribution in [2.45, 2.75) is 18.4 Å². The molecule has 4 nitrogen and oxygen atoms in total. The average molecular weight is 198 g/mol. The van der Waals surface area contributed by atoms with Crippen LogP contribution in [0, 0.1) is 5.82 Å². The molecule has 1 saturated heterocycles. The number of carbonyl (C=O) groups excluding carboxylic acids is 1. The van der Waals surface area contributed by atoms with Crippen LogP contribution in [0.25, 0.3) is 0 Å². The molecule has 14 heavy (non-hydrogen) atoms. The van der Waals surface area contributed by atoms with Crippen LogP contribution in [0.15, 0.2) is 12.4 Å². The van der Waals surface area contributed by atoms with Gasteiger partial charge in [0.25, 0.3) is 0 Å². The molecule has 0 spiro atoms. The Morgan fingerprint density at radius 1 is 1.57 bits per heavy atom. The lowest BCUT2D eigenvalue weighted by molar-refractivity contribution is -0.120. The van der Waals surface area contributed by atoms with Gasteiger partial charge in [-0.05, 0) is 0 Å². The van der Waals surface area contributed by atoms with Crippen molar-refractivity contribution in [1.82, 2.24) is 9.78 Å². The number of carbonyl (C=O) groups is 1. The molecular formula is C9H11FN2O2. The summed E-state index contributed by atoms with van der Waals surface area (Å²) in [6, 6.07) is 0. The van der Waals surface area contributed by atoms with Crippen molar-refractivity contribution in [3.63, 3.8) is 0 Å². The molecule has 1 aliphatic rings. The van der Waals surface area contributed by atoms with Crippen molar-refractivity contribution in [3.8, 4) is 0 Å². The Morgan fingerprint density at radius 3 is 2.79 bits per heavy atom. The van der Waals surface area contributed by atoms with E-state index < -0.39 is 11.4 Å². The summed E-state index contributed by atoms with van der Waals surface area (Å²) in [7, 11) is 0. The maximum Gasteiger partial charge on any atom is 0.161 e. The van der Waals surface area contributed by atoms with Crippen LogP contribution in [0.4, 0.5) is 4.39 Å². The molecule has 0 radical (unpaired) electrons. The van der Waals surface area contributed by atoms with Crippen LogP contribution in [-0.4, -0.2) is 29.3 Å². The highest BCUT2D eigenvalue weighted by atomic mass is 19.1. The van der Waals surface area contributed by atoms with Gasteiger partial charge in [0, 0.05) is 26.1 Å². The minimum absolute atomic E-state index is 0.419. The molecule has 1 aromatic heterocycles. The minimum Gasteiger partial charge on any atom is -0.381 e. The number of hydrogen-bond donors (Lipinski definition) is 0. The molecule has 5 heteroatoms. The van der Waals surface area contributed by atoms with Crippen LogP contribution in [0.2, 0.25) is 0 Å². The Labute approximate surface area is 80.7 Å². The first-order chi connectivity index (χ1) is 6.77. The number of aldehydes is 1. The summed E-state index contributed by atoms with van der Waals surface area (Å²) in [5, 5.41) is 3.84. The van der Waals surface area contributed by atoms with Gasteiger partial charge in [-0.25, -0.2) is 4.39 Å². The third-order valence-corrected chi connectivity index (χ3v) is 2.59. The van der Waals surface area contributed by atoms with E-state index in [1.807, 2.05) is 0 Å². The summed E-state index contributed by atoms with van der Waals surface area (Å²) in [5.74, 6) is -0.419. The van der Waals surface area contributed by atoms with E-state index in [0.29, 0.717) is 26.1 Å². The zero-order valence-corrected chi connectivity index (χ0v) is 7.65. The van der Waals surface area contributed by atoms with Crippen molar-refractivity contribution in [2.75, 3.05) is 13.2 Å². The Hall–Kier alpha value is -1.23. The van der Waals surface area contributed by atoms with E-state index in [2.05, 4.69) is 5.10 Å². The van der Waals surface area contributed by atoms with Crippen LogP contribution in [0.1, 0.15) is 12.8 Å². The topological polar surface area (TPSA) is 44.1 Å². The lowest BCUT2D eigenvalue weighted by atomic mass is 9.92. The van der Waals surface area contributed by atoms with Crippen molar-refractivity contribution in [1.29, 1.82) is 0 Å². The first-order valence-corrected chi connectivity index (χ1v) is 4.52. The quantitative estimate of drug-likeness (QED) is 0.658. The molecule has 76 valence electrons. The normalized spacial score (nSPS) is 20.6. The van der Waals surface area contributed by atoms with Gasteiger partial charge < -0.3 is 9.53 Å². The molecule has 0 amide bonds. The van der Waals surface area contributed by atoms with Crippen molar-refractivity contribution in [3.05, 3.63) is 18.2 Å². The standard InChI is InChI=1S/C9H11FN2O2/c10-8-5-11-12(6-8)9(7-13)1-3-14-4-2-9/h5-7H,1-4H2. The zero-order chi connectivity index (χ0) is 10.0. The molecule has 0 aliphatic carbocycles. The van der Waals surface area contributed by atoms with Gasteiger partial charge in [0.1, 0.15) is 11.8 Å². The molecule has 2 heterocycles. The summed E-state index contributed by atoms with van der Waals surface area (Å²) in [6.07, 6.45) is 4.30. The highest BCUT2D eigenvalue weighted by Crippen LogP contribution is 2.26. The van der Waals surface area contributed by atoms with E-state index >= 15 is 0 Å². The van der Waals surface area contributed by atoms with Gasteiger partial charge in [0.15, 0.2) is 5.82 Å². The van der Waals surface area contributed by atoms with Crippen molar-refractivity contribution >= 4 is 6.29 Å². The number of aromatic nitrogens is 2. The number of nitrogens with zero attached hydrogens (tertiary/aromatic N) is 2. The predicted octanol–water partition coefficient (Wildman–Crippen LogP) is 0.727. The maximum atomic E-state index is 12.8. The average Bonchev–Trinajstić information content (AvgIpc) is 2.66. The fourth-order valence-electron chi connectivity index (χ4n) is 1.67. The molecule has 0 atom stereocenters. The second kappa shape index (κ2) is 3.49. The number of ether oxygens (including phenoxy) is 1. The van der Waals surface area contributed by atoms with Crippen molar-refractivity contribution in [2.24, 2.45) is 0 Å². The smallest absolute Gasteiger partial charge is 0.161 e. The fraction of sp³-hybridized carbons (Fsp3) is 0.556. The van der Waals surface area contributed by atoms with Crippen molar-refractivity contribution < 1.29 is 13.9 Å². The first kappa shape index (κ1) is 9.33. The number of hydrogen-bond acceptors (Lipinski definition) is 3. The van der Waals surface area contributed by atoms with Gasteiger partial charge in [0.05, 0.1) is 12.4 Å². The monoisotopic (exact) mass is 198 g/mol. The van der Waals surface area contributed by atoms with E-state index in [-0.39, 0.29) is 0 Å². The molecule has 0 saturated carbocycles. The van der Waals surface area contributed by atoms with Crippen LogP contribution < -0.4 is 0 Å². The molecule has 1 fully saturated rings. The lowest BCUT2D eigenvalue weighted by Crippen LogP contribution is -2.41. The Kier molecular flexibility index (Phi) is 2.33. The van der Waals surface area contributed by atoms with Crippen LogP contribution in [-0.2, 0) is 15.1 Å². The second-order valence-corrected chi connectivity index (χ2v) is 3.44. The van der Waals surface area contributed by atoms with Gasteiger partial charge in [0.2, 0.25) is 0 Å². The van der Waals surface area contributed by atoms with Gasteiger partial charge >= 0.3 is 0 Å². The van der Waals surface area contributed by atoms with Gasteiger partial charge in [-0.15, -0.1) is 0 Å². The highest BCUT2D eigenvalue weighted by Gasteiger charge is 2.35. The third kappa shape index (κ3) is 1.43. The SMILES string of the molecule is O=CC1(n2cc(F)cn2)CCOCC1. The zero-order valence-electron chi connectivity index (χ0n) is 7.65. The van der Waals surface area contributed by atoms with E-state index in [0.717, 1.165) is 12.5 Å². The van der Waals surface area contributed by atoms with Gasteiger partial charge in [-0.3, -0.25) is 4.68 Å². The molecule has 0 bridgehead atoms. The molecule has 1 aromatic rings. The lowest BCUT2D eigenvalue weighted by Gasteiger charge is -2.32. The van der Waals surface area contributed by atoms with Gasteiger partial charge in [-0.1, -0.05) is 0 Å². The largest absolute Gasteiger partial charge is 0.381 e. The third-order valence-electron chi connectivity index (χ3n) is 2.59. The van der Waals surface area contributed by atoms with Crippen LogP contribution >= 0.6 is 0 Å². The van der Waals surface area contributed by atoms with Crippen LogP contribution in [0.3, 0.4) is 0 Å². The molecule has 1 aliphatic heterocycles. The van der Waals surface area contributed by atoms with E-state index in [1.165, 1.54) is 10.9 Å². The number of halogens is 1. The van der Waals surface area contributed by atoms with Crippen LogP contribution in [0.5, 0.6) is 0 Å². The van der Waals surface area contributed by atoms with E-state index in [9.17, 15) is 9.18 Å². The van der Waals surface area contributed by atoms with Gasteiger partial charge in [-0.2, -0.15) is 5.10 Å². The first-order valence-electron chi connectivity index (χ1n) is 4.52. The maximum absolute atomic E-state index is 12.8. The molecular weight excluding hydrogens is 187 g/mol. The summed E-state index contributed by atoms with van der Waals surface area (Å²) < 4.78 is 19.3. The Morgan fingerprint density at radius 2 is 2.29 bits per heavy atom.